The summed E-state index contributed by atoms with van der Waals surface area (Å²) < 4.78 is 0. The van der Waals surface area contributed by atoms with E-state index in [9.17, 15) is 10.1 Å². The summed E-state index contributed by atoms with van der Waals surface area (Å²) in [4.78, 5) is 20.3. The second-order valence-electron chi connectivity index (χ2n) is 4.33. The van der Waals surface area contributed by atoms with E-state index in [0.717, 1.165) is 25.7 Å². The average molecular weight is 271 g/mol. The number of nitro groups is 1. The van der Waals surface area contributed by atoms with E-state index in [1.807, 2.05) is 11.8 Å². The third kappa shape index (κ3) is 2.53. The van der Waals surface area contributed by atoms with Crippen LogP contribution in [-0.2, 0) is 0 Å². The smallest absolute Gasteiger partial charge is 0.329 e. The molecule has 0 amide bonds. The van der Waals surface area contributed by atoms with Gasteiger partial charge in [-0.3, -0.25) is 10.1 Å². The van der Waals surface area contributed by atoms with Crippen LogP contribution in [0.3, 0.4) is 0 Å². The Bertz CT molecular complexity index is 449. The van der Waals surface area contributed by atoms with Crippen molar-refractivity contribution in [2.75, 3.05) is 11.4 Å². The van der Waals surface area contributed by atoms with Crippen molar-refractivity contribution in [1.82, 2.24) is 9.97 Å². The molecule has 0 bridgehead atoms. The lowest BCUT2D eigenvalue weighted by Crippen LogP contribution is -2.34. The molecule has 1 fully saturated rings. The number of nitrogens with zero attached hydrogens (tertiary/aromatic N) is 4. The standard InChI is InChI=1S/C11H15ClN4O2/c1-2-15(8-5-3-4-6-8)10-9(16(17)18)7-13-11(12)14-10/h7-8H,2-6H2,1H3. The van der Waals surface area contributed by atoms with Crippen LogP contribution >= 0.6 is 11.6 Å². The van der Waals surface area contributed by atoms with Crippen LogP contribution in [0.25, 0.3) is 0 Å². The molecule has 1 aliphatic rings. The minimum Gasteiger partial charge on any atom is -0.348 e. The maximum absolute atomic E-state index is 11.0. The number of rotatable bonds is 4. The fourth-order valence-corrected chi connectivity index (χ4v) is 2.61. The highest BCUT2D eigenvalue weighted by molar-refractivity contribution is 6.28. The van der Waals surface area contributed by atoms with Crippen molar-refractivity contribution in [1.29, 1.82) is 0 Å². The van der Waals surface area contributed by atoms with Crippen LogP contribution in [-0.4, -0.2) is 27.5 Å². The van der Waals surface area contributed by atoms with Crippen molar-refractivity contribution in [2.45, 2.75) is 38.6 Å². The van der Waals surface area contributed by atoms with Crippen LogP contribution < -0.4 is 4.90 Å². The van der Waals surface area contributed by atoms with Crippen LogP contribution in [0.15, 0.2) is 6.20 Å². The third-order valence-corrected chi connectivity index (χ3v) is 3.48. The van der Waals surface area contributed by atoms with Gasteiger partial charge >= 0.3 is 5.69 Å². The van der Waals surface area contributed by atoms with Crippen molar-refractivity contribution >= 4 is 23.1 Å². The minimum absolute atomic E-state index is 0.0482. The second kappa shape index (κ2) is 5.48. The molecule has 0 N–H and O–H groups in total. The van der Waals surface area contributed by atoms with E-state index in [1.165, 1.54) is 6.20 Å². The van der Waals surface area contributed by atoms with Crippen LogP contribution in [0.5, 0.6) is 0 Å². The topological polar surface area (TPSA) is 72.2 Å². The minimum atomic E-state index is -0.455. The molecule has 98 valence electrons. The first-order chi connectivity index (χ1) is 8.63. The fourth-order valence-electron chi connectivity index (χ4n) is 2.48. The molecular weight excluding hydrogens is 256 g/mol. The number of halogens is 1. The fraction of sp³-hybridized carbons (Fsp3) is 0.636. The molecule has 7 heteroatoms. The Morgan fingerprint density at radius 3 is 2.78 bits per heavy atom. The SMILES string of the molecule is CCN(c1nc(Cl)ncc1[N+](=O)[O-])C1CCCC1. The van der Waals surface area contributed by atoms with Crippen molar-refractivity contribution < 1.29 is 4.92 Å². The highest BCUT2D eigenvalue weighted by atomic mass is 35.5. The van der Waals surface area contributed by atoms with Gasteiger partial charge in [-0.25, -0.2) is 4.98 Å². The molecule has 2 rings (SSSR count). The molecule has 1 aromatic heterocycles. The molecule has 0 spiro atoms. The van der Waals surface area contributed by atoms with Gasteiger partial charge in [0, 0.05) is 12.6 Å². The normalized spacial score (nSPS) is 15.9. The van der Waals surface area contributed by atoms with Gasteiger partial charge in [-0.05, 0) is 31.4 Å². The van der Waals surface area contributed by atoms with Crippen molar-refractivity contribution in [3.8, 4) is 0 Å². The first-order valence-corrected chi connectivity index (χ1v) is 6.45. The Hall–Kier alpha value is -1.43. The summed E-state index contributed by atoms with van der Waals surface area (Å²) in [6.07, 6.45) is 5.60. The highest BCUT2D eigenvalue weighted by Gasteiger charge is 2.28. The summed E-state index contributed by atoms with van der Waals surface area (Å²) in [5.74, 6) is 0.342. The Morgan fingerprint density at radius 1 is 1.56 bits per heavy atom. The molecule has 0 radical (unpaired) electrons. The van der Waals surface area contributed by atoms with E-state index >= 15 is 0 Å². The van der Waals surface area contributed by atoms with Crippen LogP contribution in [0.2, 0.25) is 5.28 Å². The highest BCUT2D eigenvalue weighted by Crippen LogP contribution is 2.32. The Morgan fingerprint density at radius 2 is 2.22 bits per heavy atom. The van der Waals surface area contributed by atoms with E-state index in [2.05, 4.69) is 9.97 Å². The van der Waals surface area contributed by atoms with Gasteiger partial charge < -0.3 is 4.90 Å². The third-order valence-electron chi connectivity index (χ3n) is 3.30. The Balaban J connectivity index is 2.39. The Kier molecular flexibility index (Phi) is 3.96. The van der Waals surface area contributed by atoms with E-state index in [1.54, 1.807) is 0 Å². The maximum Gasteiger partial charge on any atom is 0.329 e. The van der Waals surface area contributed by atoms with Gasteiger partial charge in [0.15, 0.2) is 0 Å². The number of hydrogen-bond acceptors (Lipinski definition) is 5. The Labute approximate surface area is 110 Å². The lowest BCUT2D eigenvalue weighted by atomic mass is 10.2. The summed E-state index contributed by atoms with van der Waals surface area (Å²) in [6.45, 7) is 2.65. The average Bonchev–Trinajstić information content (AvgIpc) is 2.83. The van der Waals surface area contributed by atoms with Gasteiger partial charge in [-0.15, -0.1) is 0 Å². The number of anilines is 1. The zero-order valence-corrected chi connectivity index (χ0v) is 10.9. The van der Waals surface area contributed by atoms with Crippen molar-refractivity contribution in [3.63, 3.8) is 0 Å². The van der Waals surface area contributed by atoms with Gasteiger partial charge in [0.05, 0.1) is 4.92 Å². The molecule has 1 aromatic rings. The lowest BCUT2D eigenvalue weighted by molar-refractivity contribution is -0.384. The lowest BCUT2D eigenvalue weighted by Gasteiger charge is -2.28. The van der Waals surface area contributed by atoms with Crippen molar-refractivity contribution in [3.05, 3.63) is 21.6 Å². The predicted octanol–water partition coefficient (Wildman–Crippen LogP) is 2.81. The van der Waals surface area contributed by atoms with E-state index in [0.29, 0.717) is 18.4 Å². The number of aromatic nitrogens is 2. The molecule has 0 aliphatic heterocycles. The molecule has 1 aliphatic carbocycles. The first kappa shape index (κ1) is 13.0. The maximum atomic E-state index is 11.0. The van der Waals surface area contributed by atoms with Crippen molar-refractivity contribution in [2.24, 2.45) is 0 Å². The molecular formula is C11H15ClN4O2. The van der Waals surface area contributed by atoms with Gasteiger partial charge in [-0.2, -0.15) is 4.98 Å². The van der Waals surface area contributed by atoms with E-state index < -0.39 is 4.92 Å². The molecule has 0 atom stereocenters. The second-order valence-corrected chi connectivity index (χ2v) is 4.67. The predicted molar refractivity (Wildman–Crippen MR) is 69.0 cm³/mol. The van der Waals surface area contributed by atoms with E-state index in [4.69, 9.17) is 11.6 Å². The molecule has 18 heavy (non-hydrogen) atoms. The first-order valence-electron chi connectivity index (χ1n) is 6.07. The zero-order valence-electron chi connectivity index (χ0n) is 10.2. The molecule has 0 aromatic carbocycles. The summed E-state index contributed by atoms with van der Waals surface area (Å²) in [5, 5.41) is 11.1. The van der Waals surface area contributed by atoms with Crippen LogP contribution in [0, 0.1) is 10.1 Å². The zero-order chi connectivity index (χ0) is 13.1. The number of hydrogen-bond donors (Lipinski definition) is 0. The molecule has 6 nitrogen and oxygen atoms in total. The molecule has 1 saturated carbocycles. The van der Waals surface area contributed by atoms with Gasteiger partial charge in [0.25, 0.3) is 0 Å². The van der Waals surface area contributed by atoms with Crippen LogP contribution in [0.4, 0.5) is 11.5 Å². The summed E-state index contributed by atoms with van der Waals surface area (Å²) in [6, 6.07) is 0.319. The van der Waals surface area contributed by atoms with Gasteiger partial charge in [0.2, 0.25) is 11.1 Å². The van der Waals surface area contributed by atoms with Gasteiger partial charge in [0.1, 0.15) is 6.20 Å². The van der Waals surface area contributed by atoms with Crippen LogP contribution in [0.1, 0.15) is 32.6 Å². The summed E-state index contributed by atoms with van der Waals surface area (Å²) in [5.41, 5.74) is -0.0758. The quantitative estimate of drug-likeness (QED) is 0.478. The molecule has 1 heterocycles. The van der Waals surface area contributed by atoms with Gasteiger partial charge in [-0.1, -0.05) is 12.8 Å². The van der Waals surface area contributed by atoms with E-state index in [-0.39, 0.29) is 11.0 Å². The summed E-state index contributed by atoms with van der Waals surface area (Å²) in [7, 11) is 0. The molecule has 0 saturated heterocycles. The largest absolute Gasteiger partial charge is 0.348 e. The summed E-state index contributed by atoms with van der Waals surface area (Å²) >= 11 is 5.76. The monoisotopic (exact) mass is 270 g/mol. The molecule has 0 unspecified atom stereocenters.